The number of anilines is 1. The molecular weight excluding hydrogens is 296 g/mol. The molecule has 2 heterocycles. The van der Waals surface area contributed by atoms with Gasteiger partial charge in [0.1, 0.15) is 5.76 Å². The van der Waals surface area contributed by atoms with Crippen LogP contribution in [0.25, 0.3) is 11.0 Å². The Morgan fingerprint density at radius 2 is 1.81 bits per heavy atom. The van der Waals surface area contributed by atoms with Crippen LogP contribution in [0.1, 0.15) is 11.3 Å². The molecule has 0 aliphatic rings. The van der Waals surface area contributed by atoms with Crippen LogP contribution in [0.15, 0.2) is 32.4 Å². The van der Waals surface area contributed by atoms with Crippen LogP contribution in [0.3, 0.4) is 0 Å². The quantitative estimate of drug-likeness (QED) is 0.672. The normalized spacial score (nSPS) is 11.9. The van der Waals surface area contributed by atoms with Crippen molar-refractivity contribution in [3.63, 3.8) is 0 Å². The molecule has 21 heavy (non-hydrogen) atoms. The van der Waals surface area contributed by atoms with Crippen LogP contribution in [0.2, 0.25) is 0 Å². The Bertz CT molecular complexity index is 980. The third-order valence-corrected chi connectivity index (χ3v) is 4.46. The lowest BCUT2D eigenvalue weighted by atomic mass is 10.2. The van der Waals surface area contributed by atoms with Gasteiger partial charge in [0.25, 0.3) is 10.0 Å². The van der Waals surface area contributed by atoms with Crippen LogP contribution in [0.5, 0.6) is 0 Å². The first-order chi connectivity index (χ1) is 9.85. The highest BCUT2D eigenvalue weighted by Crippen LogP contribution is 2.22. The lowest BCUT2D eigenvalue weighted by Crippen LogP contribution is -2.14. The number of aromatic amines is 2. The van der Waals surface area contributed by atoms with E-state index in [1.807, 2.05) is 0 Å². The molecule has 110 valence electrons. The molecule has 8 nitrogen and oxygen atoms in total. The number of imidazole rings is 1. The fraction of sp³-hybridized carbons (Fsp3) is 0.167. The van der Waals surface area contributed by atoms with E-state index in [1.54, 1.807) is 19.9 Å². The van der Waals surface area contributed by atoms with Gasteiger partial charge >= 0.3 is 5.69 Å². The predicted octanol–water partition coefficient (Wildman–Crippen LogP) is 1.26. The topological polar surface area (TPSA) is 121 Å². The summed E-state index contributed by atoms with van der Waals surface area (Å²) >= 11 is 0. The summed E-state index contributed by atoms with van der Waals surface area (Å²) in [6.45, 7) is 3.31. The molecule has 0 amide bonds. The molecule has 3 aromatic rings. The first-order valence-electron chi connectivity index (χ1n) is 6.04. The van der Waals surface area contributed by atoms with Crippen molar-refractivity contribution in [3.05, 3.63) is 40.0 Å². The molecular formula is C12H12N4O4S. The van der Waals surface area contributed by atoms with Crippen molar-refractivity contribution < 1.29 is 12.9 Å². The zero-order valence-electron chi connectivity index (χ0n) is 11.2. The summed E-state index contributed by atoms with van der Waals surface area (Å²) in [6.07, 6.45) is 0. The molecule has 2 aromatic heterocycles. The second kappa shape index (κ2) is 4.48. The second-order valence-corrected chi connectivity index (χ2v) is 6.32. The molecule has 0 radical (unpaired) electrons. The second-order valence-electron chi connectivity index (χ2n) is 4.67. The highest BCUT2D eigenvalue weighted by Gasteiger charge is 2.20. The highest BCUT2D eigenvalue weighted by molar-refractivity contribution is 7.92. The van der Waals surface area contributed by atoms with Crippen LogP contribution in [0.4, 0.5) is 5.82 Å². The maximum atomic E-state index is 12.4. The van der Waals surface area contributed by atoms with E-state index in [9.17, 15) is 13.2 Å². The summed E-state index contributed by atoms with van der Waals surface area (Å²) in [4.78, 5) is 16.4. The van der Waals surface area contributed by atoms with Crippen LogP contribution in [-0.2, 0) is 10.0 Å². The summed E-state index contributed by atoms with van der Waals surface area (Å²) in [5.74, 6) is 0.601. The van der Waals surface area contributed by atoms with E-state index in [0.29, 0.717) is 22.4 Å². The number of sulfonamides is 1. The van der Waals surface area contributed by atoms with E-state index in [4.69, 9.17) is 4.52 Å². The van der Waals surface area contributed by atoms with Gasteiger partial charge in [-0.05, 0) is 31.5 Å². The Balaban J connectivity index is 2.09. The lowest BCUT2D eigenvalue weighted by Gasteiger charge is -2.08. The third kappa shape index (κ3) is 2.42. The molecule has 0 atom stereocenters. The summed E-state index contributed by atoms with van der Waals surface area (Å²) in [7, 11) is -3.82. The summed E-state index contributed by atoms with van der Waals surface area (Å²) in [5, 5.41) is 3.59. The zero-order chi connectivity index (χ0) is 15.2. The standard InChI is InChI=1S/C12H12N4O4S/c1-6-3-8-9(14-12(17)13-8)5-10(6)21(18,19)16-11-4-7(2)20-15-11/h3-5H,1-2H3,(H,15,16)(H2,13,14,17). The third-order valence-electron chi connectivity index (χ3n) is 2.97. The van der Waals surface area contributed by atoms with Crippen LogP contribution >= 0.6 is 0 Å². The number of hydrogen-bond donors (Lipinski definition) is 3. The highest BCUT2D eigenvalue weighted by atomic mass is 32.2. The Kier molecular flexibility index (Phi) is 2.87. The van der Waals surface area contributed by atoms with Crippen LogP contribution in [0, 0.1) is 13.8 Å². The average molecular weight is 308 g/mol. The van der Waals surface area contributed by atoms with Gasteiger partial charge in [-0.3, -0.25) is 4.72 Å². The Labute approximate surface area is 119 Å². The smallest absolute Gasteiger partial charge is 0.323 e. The van der Waals surface area contributed by atoms with E-state index in [-0.39, 0.29) is 16.4 Å². The number of aryl methyl sites for hydroxylation is 2. The molecule has 9 heteroatoms. The van der Waals surface area contributed by atoms with Crippen molar-refractivity contribution in [2.24, 2.45) is 0 Å². The molecule has 3 rings (SSSR count). The first-order valence-corrected chi connectivity index (χ1v) is 7.52. The molecule has 0 aliphatic carbocycles. The van der Waals surface area contributed by atoms with E-state index in [2.05, 4.69) is 19.8 Å². The van der Waals surface area contributed by atoms with Gasteiger partial charge in [0.15, 0.2) is 5.82 Å². The number of aromatic nitrogens is 3. The number of benzene rings is 1. The fourth-order valence-electron chi connectivity index (χ4n) is 2.07. The summed E-state index contributed by atoms with van der Waals surface area (Å²) in [6, 6.07) is 4.47. The Morgan fingerprint density at radius 3 is 2.43 bits per heavy atom. The van der Waals surface area contributed by atoms with Crippen molar-refractivity contribution in [1.82, 2.24) is 15.1 Å². The minimum absolute atomic E-state index is 0.0610. The monoisotopic (exact) mass is 308 g/mol. The van der Waals surface area contributed by atoms with Gasteiger partial charge in [-0.1, -0.05) is 5.16 Å². The van der Waals surface area contributed by atoms with E-state index < -0.39 is 10.0 Å². The molecule has 0 unspecified atom stereocenters. The number of nitrogens with zero attached hydrogens (tertiary/aromatic N) is 1. The summed E-state index contributed by atoms with van der Waals surface area (Å²) in [5.41, 5.74) is 1.08. The molecule has 0 saturated heterocycles. The van der Waals surface area contributed by atoms with Crippen molar-refractivity contribution in [2.45, 2.75) is 18.7 Å². The van der Waals surface area contributed by atoms with Crippen molar-refractivity contribution >= 4 is 26.9 Å². The van der Waals surface area contributed by atoms with Gasteiger partial charge in [-0.2, -0.15) is 0 Å². The predicted molar refractivity (Wildman–Crippen MR) is 75.7 cm³/mol. The summed E-state index contributed by atoms with van der Waals surface area (Å²) < 4.78 is 31.9. The molecule has 0 spiro atoms. The van der Waals surface area contributed by atoms with Gasteiger partial charge in [0, 0.05) is 6.07 Å². The maximum Gasteiger partial charge on any atom is 0.323 e. The van der Waals surface area contributed by atoms with Gasteiger partial charge in [-0.15, -0.1) is 0 Å². The largest absolute Gasteiger partial charge is 0.360 e. The Morgan fingerprint density at radius 1 is 1.14 bits per heavy atom. The van der Waals surface area contributed by atoms with Gasteiger partial charge in [0.05, 0.1) is 15.9 Å². The maximum absolute atomic E-state index is 12.4. The van der Waals surface area contributed by atoms with E-state index >= 15 is 0 Å². The molecule has 3 N–H and O–H groups in total. The molecule has 0 fully saturated rings. The molecule has 0 bridgehead atoms. The number of rotatable bonds is 3. The fourth-order valence-corrected chi connectivity index (χ4v) is 3.30. The number of H-pyrrole nitrogens is 2. The first kappa shape index (κ1) is 13.4. The molecule has 0 saturated carbocycles. The number of hydrogen-bond acceptors (Lipinski definition) is 5. The minimum atomic E-state index is -3.82. The van der Waals surface area contributed by atoms with E-state index in [0.717, 1.165) is 0 Å². The molecule has 0 aliphatic heterocycles. The van der Waals surface area contributed by atoms with Crippen molar-refractivity contribution in [2.75, 3.05) is 4.72 Å². The average Bonchev–Trinajstić information content (AvgIpc) is 2.92. The minimum Gasteiger partial charge on any atom is -0.360 e. The van der Waals surface area contributed by atoms with Gasteiger partial charge in [-0.25, -0.2) is 13.2 Å². The SMILES string of the molecule is Cc1cc(NS(=O)(=O)c2cc3[nH]c(=O)[nH]c3cc2C)no1. The Hall–Kier alpha value is -2.55. The van der Waals surface area contributed by atoms with Crippen LogP contribution in [-0.4, -0.2) is 23.5 Å². The lowest BCUT2D eigenvalue weighted by molar-refractivity contribution is 0.400. The van der Waals surface area contributed by atoms with Crippen molar-refractivity contribution in [3.8, 4) is 0 Å². The zero-order valence-corrected chi connectivity index (χ0v) is 12.0. The van der Waals surface area contributed by atoms with Crippen molar-refractivity contribution in [1.29, 1.82) is 0 Å². The molecule has 1 aromatic carbocycles. The van der Waals surface area contributed by atoms with Gasteiger partial charge < -0.3 is 14.5 Å². The van der Waals surface area contributed by atoms with Gasteiger partial charge in [0.2, 0.25) is 0 Å². The number of nitrogens with one attached hydrogen (secondary N) is 3. The van der Waals surface area contributed by atoms with E-state index in [1.165, 1.54) is 12.1 Å². The number of fused-ring (bicyclic) bond motifs is 1. The van der Waals surface area contributed by atoms with Crippen LogP contribution < -0.4 is 10.4 Å².